The van der Waals surface area contributed by atoms with Crippen molar-refractivity contribution in [1.29, 1.82) is 0 Å². The molecule has 2 aromatic carbocycles. The largest absolute Gasteiger partial charge is 0.478 e. The highest BCUT2D eigenvalue weighted by molar-refractivity contribution is 6.33. The Morgan fingerprint density at radius 3 is 2.41 bits per heavy atom. The van der Waals surface area contributed by atoms with Gasteiger partial charge in [0.15, 0.2) is 24.0 Å². The van der Waals surface area contributed by atoms with Crippen molar-refractivity contribution in [2.75, 3.05) is 50.1 Å². The fourth-order valence-corrected chi connectivity index (χ4v) is 10.3. The molecule has 0 bridgehead atoms. The second kappa shape index (κ2) is 18.4. The molecule has 6 heterocycles. The number of carbonyl (C=O) groups is 5. The van der Waals surface area contributed by atoms with Gasteiger partial charge in [0.1, 0.15) is 11.1 Å². The molecule has 1 atom stereocenters. The number of amides is 5. The molecule has 66 heavy (non-hydrogen) atoms. The van der Waals surface area contributed by atoms with Crippen LogP contribution in [0.3, 0.4) is 0 Å². The number of benzene rings is 2. The summed E-state index contributed by atoms with van der Waals surface area (Å²) in [6.45, 7) is 8.30. The second-order valence-electron chi connectivity index (χ2n) is 18.1. The van der Waals surface area contributed by atoms with Crippen molar-refractivity contribution in [2.24, 2.45) is 0 Å². The third kappa shape index (κ3) is 8.49. The van der Waals surface area contributed by atoms with Crippen LogP contribution in [0, 0.1) is 12.7 Å². The molecule has 1 saturated carbocycles. The van der Waals surface area contributed by atoms with E-state index in [0.717, 1.165) is 67.6 Å². The number of fused-ring (bicyclic) bond motifs is 2. The van der Waals surface area contributed by atoms with Crippen molar-refractivity contribution < 1.29 is 37.8 Å². The first-order chi connectivity index (χ1) is 31.7. The van der Waals surface area contributed by atoms with Crippen LogP contribution in [0.4, 0.5) is 21.8 Å². The molecule has 348 valence electrons. The van der Waals surface area contributed by atoms with Crippen molar-refractivity contribution >= 4 is 69.5 Å². The Labute approximate surface area is 385 Å². The lowest BCUT2D eigenvalue weighted by Crippen LogP contribution is -2.54. The maximum Gasteiger partial charge on any atom is 0.293 e. The number of rotatable bonds is 12. The lowest BCUT2D eigenvalue weighted by atomic mass is 9.81. The smallest absolute Gasteiger partial charge is 0.293 e. The number of likely N-dealkylation sites (tertiary alicyclic amines) is 1. The van der Waals surface area contributed by atoms with Crippen LogP contribution in [0.15, 0.2) is 41.3 Å². The summed E-state index contributed by atoms with van der Waals surface area (Å²) in [5.74, 6) is -2.25. The van der Waals surface area contributed by atoms with Gasteiger partial charge in [-0.25, -0.2) is 9.37 Å². The van der Waals surface area contributed by atoms with Crippen LogP contribution in [0.2, 0.25) is 5.02 Å². The van der Waals surface area contributed by atoms with E-state index in [2.05, 4.69) is 35.7 Å². The van der Waals surface area contributed by atoms with Gasteiger partial charge < -0.3 is 34.5 Å². The highest BCUT2D eigenvalue weighted by Gasteiger charge is 2.46. The van der Waals surface area contributed by atoms with E-state index in [1.807, 2.05) is 13.0 Å². The molecule has 17 nitrogen and oxygen atoms in total. The van der Waals surface area contributed by atoms with E-state index in [0.29, 0.717) is 41.7 Å². The maximum absolute atomic E-state index is 16.2. The van der Waals surface area contributed by atoms with Gasteiger partial charge in [0.05, 0.1) is 40.7 Å². The van der Waals surface area contributed by atoms with E-state index in [9.17, 15) is 28.8 Å². The minimum absolute atomic E-state index is 0.0825. The molecule has 1 aliphatic carbocycles. The minimum Gasteiger partial charge on any atom is -0.478 e. The van der Waals surface area contributed by atoms with Crippen molar-refractivity contribution in [3.8, 4) is 5.75 Å². The summed E-state index contributed by atoms with van der Waals surface area (Å²) in [5, 5.41) is 8.05. The van der Waals surface area contributed by atoms with Gasteiger partial charge in [0.2, 0.25) is 17.8 Å². The fourth-order valence-electron chi connectivity index (χ4n) is 10.2. The zero-order valence-electron chi connectivity index (χ0n) is 37.3. The monoisotopic (exact) mass is 925 g/mol. The van der Waals surface area contributed by atoms with Gasteiger partial charge in [-0.1, -0.05) is 17.7 Å². The van der Waals surface area contributed by atoms with Gasteiger partial charge in [-0.3, -0.25) is 39.0 Å². The first-order valence-corrected chi connectivity index (χ1v) is 23.1. The van der Waals surface area contributed by atoms with E-state index in [4.69, 9.17) is 21.1 Å². The number of halogens is 2. The molecule has 19 heteroatoms. The summed E-state index contributed by atoms with van der Waals surface area (Å²) in [6.07, 6.45) is 7.37. The zero-order valence-corrected chi connectivity index (χ0v) is 38.1. The van der Waals surface area contributed by atoms with E-state index in [1.54, 1.807) is 26.0 Å². The molecular weight excluding hydrogens is 873 g/mol. The Morgan fingerprint density at radius 1 is 0.970 bits per heavy atom. The summed E-state index contributed by atoms with van der Waals surface area (Å²) >= 11 is 6.53. The highest BCUT2D eigenvalue weighted by Crippen LogP contribution is 2.40. The topological polar surface area (TPSA) is 197 Å². The molecule has 0 unspecified atom stereocenters. The number of piperidine rings is 3. The van der Waals surface area contributed by atoms with Crippen LogP contribution >= 0.6 is 11.6 Å². The predicted molar refractivity (Wildman–Crippen MR) is 243 cm³/mol. The van der Waals surface area contributed by atoms with E-state index in [-0.39, 0.29) is 64.7 Å². The number of aromatic nitrogens is 3. The van der Waals surface area contributed by atoms with E-state index in [1.165, 1.54) is 29.9 Å². The third-order valence-electron chi connectivity index (χ3n) is 13.8. The van der Waals surface area contributed by atoms with Gasteiger partial charge in [0.25, 0.3) is 23.3 Å². The number of anilines is 3. The number of pyridine rings is 1. The maximum atomic E-state index is 16.2. The second-order valence-corrected chi connectivity index (χ2v) is 18.5. The molecule has 5 aliphatic rings. The van der Waals surface area contributed by atoms with E-state index < -0.39 is 53.6 Å². The van der Waals surface area contributed by atoms with Crippen molar-refractivity contribution in [3.63, 3.8) is 0 Å². The Balaban J connectivity index is 0.762. The number of nitrogens with one attached hydrogen (secondary N) is 3. The summed E-state index contributed by atoms with van der Waals surface area (Å²) < 4.78 is 29.7. The third-order valence-corrected chi connectivity index (χ3v) is 14.1. The Bertz CT molecular complexity index is 2690. The number of carbonyl (C=O) groups excluding carboxylic acids is 5. The quantitative estimate of drug-likeness (QED) is 0.158. The molecule has 4 aliphatic heterocycles. The average Bonchev–Trinajstić information content (AvgIpc) is 3.54. The SMILES string of the molecule is CNC(=O)COc1cc2c(F)c(Nc3nc(N4CCC(OC5CC(N6CCC(c7ccc8c(c7C)C(=O)N([C@@H]7CCC(=O)NC7=O)C8=O)CC6)C5)CC4)ncc3Cl)ccc2n(C(C)C)c1=O. The van der Waals surface area contributed by atoms with Crippen molar-refractivity contribution in [1.82, 2.24) is 35.0 Å². The molecule has 4 aromatic rings. The van der Waals surface area contributed by atoms with Crippen LogP contribution in [0.25, 0.3) is 10.9 Å². The van der Waals surface area contributed by atoms with Crippen LogP contribution in [-0.2, 0) is 19.1 Å². The molecule has 9 rings (SSSR count). The van der Waals surface area contributed by atoms with Gasteiger partial charge >= 0.3 is 0 Å². The molecule has 5 amide bonds. The van der Waals surface area contributed by atoms with Gasteiger partial charge in [-0.2, -0.15) is 4.98 Å². The fraction of sp³-hybridized carbons (Fsp3) is 0.489. The van der Waals surface area contributed by atoms with Crippen LogP contribution in [-0.4, -0.2) is 118 Å². The molecule has 2 aromatic heterocycles. The number of imide groups is 2. The Morgan fingerprint density at radius 2 is 1.71 bits per heavy atom. The van der Waals surface area contributed by atoms with Crippen molar-refractivity contribution in [3.05, 3.63) is 80.0 Å². The highest BCUT2D eigenvalue weighted by atomic mass is 35.5. The number of nitrogens with zero attached hydrogens (tertiary/aromatic N) is 6. The lowest BCUT2D eigenvalue weighted by molar-refractivity contribution is -0.136. The summed E-state index contributed by atoms with van der Waals surface area (Å²) in [4.78, 5) is 91.0. The number of hydrogen-bond donors (Lipinski definition) is 3. The Kier molecular flexibility index (Phi) is 12.6. The molecule has 3 N–H and O–H groups in total. The lowest BCUT2D eigenvalue weighted by Gasteiger charge is -2.47. The van der Waals surface area contributed by atoms with Gasteiger partial charge in [0, 0.05) is 44.0 Å². The zero-order chi connectivity index (χ0) is 46.6. The summed E-state index contributed by atoms with van der Waals surface area (Å²) in [6, 6.07) is 7.32. The first kappa shape index (κ1) is 45.2. The molecule has 4 fully saturated rings. The molecule has 0 spiro atoms. The average molecular weight is 926 g/mol. The number of hydrogen-bond acceptors (Lipinski definition) is 13. The number of likely N-dealkylation sites (N-methyl/N-ethyl adjacent to an activating group) is 1. The first-order valence-electron chi connectivity index (χ1n) is 22.7. The summed E-state index contributed by atoms with van der Waals surface area (Å²) in [7, 11) is 1.46. The van der Waals surface area contributed by atoms with Crippen molar-refractivity contribution in [2.45, 2.75) is 108 Å². The normalized spacial score (nSPS) is 21.9. The molecular formula is C47H53ClFN9O8. The standard InChI is InChI=1S/C47H53ClFN9O8/c1-24(2)57-35-8-7-34(41(49)32(35)21-37(45(57)63)65-23-39(60)50-4)52-42-33(48)22-51-47(54-42)56-17-13-28(14-18-56)66-29-19-27(20-29)55-15-11-26(12-16-55)30-5-6-31-40(25(30)3)46(64)58(44(31)62)36-9-10-38(59)53-43(36)61/h5-8,21-22,24,26-29,36H,9-20,23H2,1-4H3,(H,50,60)(H,51,52,54)(H,53,59,61)/t27?,29?,36-/m1/s1. The minimum atomic E-state index is -0.985. The number of ether oxygens (including phenoxy) is 2. The predicted octanol–water partition coefficient (Wildman–Crippen LogP) is 5.14. The van der Waals surface area contributed by atoms with Crippen LogP contribution < -0.4 is 31.1 Å². The Hall–Kier alpha value is -5.98. The van der Waals surface area contributed by atoms with Gasteiger partial charge in [-0.05, 0) is 120 Å². The van der Waals surface area contributed by atoms with Gasteiger partial charge in [-0.15, -0.1) is 0 Å². The summed E-state index contributed by atoms with van der Waals surface area (Å²) in [5.41, 5.74) is 2.53. The van der Waals surface area contributed by atoms with E-state index >= 15 is 4.39 Å². The van der Waals surface area contributed by atoms with Crippen LogP contribution in [0.1, 0.15) is 109 Å². The molecule has 0 radical (unpaired) electrons. The molecule has 3 saturated heterocycles. The van der Waals surface area contributed by atoms with Crippen LogP contribution in [0.5, 0.6) is 5.75 Å².